The number of hydrogen-bond acceptors (Lipinski definition) is 2. The van der Waals surface area contributed by atoms with Crippen LogP contribution in [-0.4, -0.2) is 24.3 Å². The Hall–Kier alpha value is -1.09. The Balaban J connectivity index is 1.20. The van der Waals surface area contributed by atoms with E-state index in [2.05, 4.69) is 18.2 Å². The summed E-state index contributed by atoms with van der Waals surface area (Å²) in [4.78, 5) is 11.4. The predicted octanol–water partition coefficient (Wildman–Crippen LogP) is 6.25. The Bertz CT molecular complexity index is 744. The van der Waals surface area contributed by atoms with Crippen LogP contribution in [0.25, 0.3) is 0 Å². The second-order valence-electron chi connectivity index (χ2n) is 12.4. The van der Waals surface area contributed by atoms with E-state index < -0.39 is 5.97 Å². The van der Waals surface area contributed by atoms with Gasteiger partial charge < -0.3 is 9.84 Å². The highest BCUT2D eigenvalue weighted by Crippen LogP contribution is 2.65. The largest absolute Gasteiger partial charge is 0.481 e. The number of carbonyl (C=O) groups is 1. The quantitative estimate of drug-likeness (QED) is 0.580. The average molecular weight is 425 g/mol. The highest BCUT2D eigenvalue weighted by molar-refractivity contribution is 5.70. The topological polar surface area (TPSA) is 46.5 Å². The third-order valence-corrected chi connectivity index (χ3v) is 10.7. The van der Waals surface area contributed by atoms with Crippen LogP contribution in [0.1, 0.15) is 77.0 Å². The zero-order valence-electron chi connectivity index (χ0n) is 19.2. The summed E-state index contributed by atoms with van der Waals surface area (Å²) < 4.78 is 6.16. The molecule has 7 aliphatic carbocycles. The molecule has 6 unspecified atom stereocenters. The normalized spacial score (nSPS) is 50.7. The van der Waals surface area contributed by atoms with Gasteiger partial charge in [-0.2, -0.15) is 0 Å². The molecular formula is C28H40O3. The highest BCUT2D eigenvalue weighted by Gasteiger charge is 2.56. The molecule has 6 fully saturated rings. The predicted molar refractivity (Wildman–Crippen MR) is 121 cm³/mol. The van der Waals surface area contributed by atoms with Crippen molar-refractivity contribution in [2.45, 2.75) is 83.2 Å². The van der Waals surface area contributed by atoms with Gasteiger partial charge in [-0.1, -0.05) is 18.2 Å². The summed E-state index contributed by atoms with van der Waals surface area (Å²) in [6.45, 7) is 0. The van der Waals surface area contributed by atoms with E-state index in [9.17, 15) is 9.90 Å². The third kappa shape index (κ3) is 3.54. The van der Waals surface area contributed by atoms with Gasteiger partial charge in [0, 0.05) is 7.11 Å². The summed E-state index contributed by atoms with van der Waals surface area (Å²) >= 11 is 0. The number of fused-ring (bicyclic) bond motifs is 1. The van der Waals surface area contributed by atoms with Gasteiger partial charge in [-0.05, 0) is 129 Å². The van der Waals surface area contributed by atoms with Crippen molar-refractivity contribution in [2.75, 3.05) is 7.11 Å². The molecule has 6 saturated carbocycles. The lowest BCUT2D eigenvalue weighted by molar-refractivity contribution is -0.143. The number of ether oxygens (including phenoxy) is 1. The summed E-state index contributed by atoms with van der Waals surface area (Å²) in [5.74, 6) is 4.69. The number of allylic oxidation sites excluding steroid dienone is 4. The fourth-order valence-electron chi connectivity index (χ4n) is 9.69. The first kappa shape index (κ1) is 20.5. The van der Waals surface area contributed by atoms with E-state index in [-0.39, 0.29) is 5.92 Å². The molecule has 31 heavy (non-hydrogen) atoms. The van der Waals surface area contributed by atoms with Crippen LogP contribution in [-0.2, 0) is 9.53 Å². The maximum absolute atomic E-state index is 11.4. The molecule has 0 saturated heterocycles. The molecule has 0 aliphatic heterocycles. The zero-order valence-corrected chi connectivity index (χ0v) is 19.2. The van der Waals surface area contributed by atoms with Gasteiger partial charge in [0.05, 0.1) is 12.0 Å². The van der Waals surface area contributed by atoms with E-state index in [1.165, 1.54) is 57.8 Å². The monoisotopic (exact) mass is 424 g/mol. The first-order valence-corrected chi connectivity index (χ1v) is 13.2. The van der Waals surface area contributed by atoms with Crippen LogP contribution in [0, 0.1) is 52.8 Å². The number of carboxylic acid groups (broad SMARTS) is 1. The molecule has 0 heterocycles. The van der Waals surface area contributed by atoms with Crippen molar-refractivity contribution < 1.29 is 14.6 Å². The number of methoxy groups -OCH3 is 1. The Morgan fingerprint density at radius 1 is 0.935 bits per heavy atom. The average Bonchev–Trinajstić information content (AvgIpc) is 2.77. The minimum atomic E-state index is -0.599. The maximum Gasteiger partial charge on any atom is 0.306 e. The lowest BCUT2D eigenvalue weighted by Crippen LogP contribution is -2.53. The highest BCUT2D eigenvalue weighted by atomic mass is 16.5. The van der Waals surface area contributed by atoms with E-state index in [1.807, 2.05) is 7.11 Å². The molecule has 0 amide bonds. The molecule has 6 atom stereocenters. The smallest absolute Gasteiger partial charge is 0.306 e. The summed E-state index contributed by atoms with van der Waals surface area (Å²) in [5, 5.41) is 9.43. The van der Waals surface area contributed by atoms with Gasteiger partial charge in [-0.15, -0.1) is 0 Å². The molecular weight excluding hydrogens is 384 g/mol. The summed E-state index contributed by atoms with van der Waals surface area (Å²) in [6, 6.07) is 0. The van der Waals surface area contributed by atoms with Gasteiger partial charge >= 0.3 is 5.97 Å². The molecule has 0 aromatic heterocycles. The van der Waals surface area contributed by atoms with Crippen LogP contribution in [0.15, 0.2) is 23.8 Å². The van der Waals surface area contributed by atoms with Crippen molar-refractivity contribution in [3.05, 3.63) is 23.8 Å². The summed E-state index contributed by atoms with van der Waals surface area (Å²) in [6.07, 6.45) is 23.3. The molecule has 0 aromatic rings. The van der Waals surface area contributed by atoms with E-state index in [4.69, 9.17) is 4.74 Å². The van der Waals surface area contributed by atoms with E-state index >= 15 is 0 Å². The van der Waals surface area contributed by atoms with Crippen molar-refractivity contribution in [2.24, 2.45) is 52.8 Å². The molecule has 170 valence electrons. The first-order chi connectivity index (χ1) is 15.0. The van der Waals surface area contributed by atoms with Crippen molar-refractivity contribution >= 4 is 5.97 Å². The Morgan fingerprint density at radius 3 is 2.29 bits per heavy atom. The third-order valence-electron chi connectivity index (χ3n) is 10.7. The van der Waals surface area contributed by atoms with Crippen LogP contribution >= 0.6 is 0 Å². The molecule has 0 radical (unpaired) electrons. The van der Waals surface area contributed by atoms with Crippen molar-refractivity contribution in [3.63, 3.8) is 0 Å². The van der Waals surface area contributed by atoms with Crippen LogP contribution in [0.4, 0.5) is 0 Å². The molecule has 0 spiro atoms. The first-order valence-electron chi connectivity index (χ1n) is 13.2. The van der Waals surface area contributed by atoms with Gasteiger partial charge in [-0.3, -0.25) is 4.79 Å². The molecule has 7 aliphatic rings. The van der Waals surface area contributed by atoms with E-state index in [0.717, 1.165) is 42.9 Å². The lowest BCUT2D eigenvalue weighted by Gasteiger charge is -2.61. The van der Waals surface area contributed by atoms with Crippen molar-refractivity contribution in [3.8, 4) is 0 Å². The zero-order chi connectivity index (χ0) is 21.2. The minimum absolute atomic E-state index is 0.140. The lowest BCUT2D eigenvalue weighted by atomic mass is 9.44. The van der Waals surface area contributed by atoms with Crippen LogP contribution in [0.5, 0.6) is 0 Å². The molecule has 3 nitrogen and oxygen atoms in total. The summed E-state index contributed by atoms with van der Waals surface area (Å²) in [7, 11) is 1.96. The number of carboxylic acids is 1. The van der Waals surface area contributed by atoms with Crippen molar-refractivity contribution in [1.29, 1.82) is 0 Å². The second kappa shape index (κ2) is 7.75. The summed E-state index contributed by atoms with van der Waals surface area (Å²) in [5.41, 5.74) is 2.13. The van der Waals surface area contributed by atoms with Gasteiger partial charge in [0.25, 0.3) is 0 Å². The van der Waals surface area contributed by atoms with Crippen LogP contribution < -0.4 is 0 Å². The standard InChI is InChI=1S/C28H40O3/c1-31-26-7-6-23(21-2-3-22-12-24(27(29)30)5-4-20(22)11-21)13-25(26)28-14-17-8-18(15-28)10-19(9-17)16-28/h2-3,11,17-20,22-26H,4-10,12-16H2,1H3,(H,29,30). The Kier molecular flexibility index (Phi) is 5.13. The molecule has 3 heteroatoms. The molecule has 4 bridgehead atoms. The Labute approximate surface area is 187 Å². The number of hydrogen-bond donors (Lipinski definition) is 1. The maximum atomic E-state index is 11.4. The fourth-order valence-corrected chi connectivity index (χ4v) is 9.69. The van der Waals surface area contributed by atoms with Gasteiger partial charge in [0.1, 0.15) is 0 Å². The molecule has 1 N–H and O–H groups in total. The van der Waals surface area contributed by atoms with Gasteiger partial charge in [-0.25, -0.2) is 0 Å². The van der Waals surface area contributed by atoms with Gasteiger partial charge in [0.2, 0.25) is 0 Å². The minimum Gasteiger partial charge on any atom is -0.481 e. The van der Waals surface area contributed by atoms with Crippen molar-refractivity contribution in [1.82, 2.24) is 0 Å². The number of rotatable bonds is 4. The number of aliphatic carboxylic acids is 1. The Morgan fingerprint density at radius 2 is 1.65 bits per heavy atom. The fraction of sp³-hybridized carbons (Fsp3) is 0.821. The van der Waals surface area contributed by atoms with Crippen LogP contribution in [0.3, 0.4) is 0 Å². The van der Waals surface area contributed by atoms with E-state index in [0.29, 0.717) is 29.3 Å². The van der Waals surface area contributed by atoms with Gasteiger partial charge in [0.15, 0.2) is 0 Å². The van der Waals surface area contributed by atoms with E-state index in [1.54, 1.807) is 5.57 Å². The molecule has 7 rings (SSSR count). The SMILES string of the molecule is COC1CCC(C2=CC3CCC(C(=O)O)CC3C=C2)CC1C12CC3CC(CC(C3)C1)C2. The second-order valence-corrected chi connectivity index (χ2v) is 12.4. The molecule has 0 aromatic carbocycles. The van der Waals surface area contributed by atoms with Crippen LogP contribution in [0.2, 0.25) is 0 Å².